The molecule has 0 aliphatic rings. The Hall–Kier alpha value is -1.57. The first kappa shape index (κ1) is 14.8. The van der Waals surface area contributed by atoms with Gasteiger partial charge in [0, 0.05) is 10.5 Å². The molecule has 0 heterocycles. The lowest BCUT2D eigenvalue weighted by molar-refractivity contribution is 0.482. The molecule has 0 unspecified atom stereocenters. The molecular formula is C13H13BrN2O3S. The van der Waals surface area contributed by atoms with Crippen molar-refractivity contribution in [3.63, 3.8) is 0 Å². The van der Waals surface area contributed by atoms with Crippen molar-refractivity contribution in [2.45, 2.75) is 11.8 Å². The fourth-order valence-corrected chi connectivity index (χ4v) is 2.36. The molecule has 0 radical (unpaired) electrons. The smallest absolute Gasteiger partial charge is 0.238 e. The van der Waals surface area contributed by atoms with Crippen molar-refractivity contribution in [3.8, 4) is 11.5 Å². The predicted octanol–water partition coefficient (Wildman–Crippen LogP) is 2.78. The van der Waals surface area contributed by atoms with E-state index >= 15 is 0 Å². The van der Waals surface area contributed by atoms with E-state index in [1.54, 1.807) is 6.07 Å². The SMILES string of the molecule is Cc1cc(Oc2cc(S(N)(=O)=O)ccc2N)ccc1Br. The summed E-state index contributed by atoms with van der Waals surface area (Å²) in [5.41, 5.74) is 7.10. The van der Waals surface area contributed by atoms with Crippen LogP contribution in [-0.2, 0) is 10.0 Å². The first-order valence-corrected chi connectivity index (χ1v) is 7.97. The van der Waals surface area contributed by atoms with Crippen molar-refractivity contribution in [3.05, 3.63) is 46.4 Å². The van der Waals surface area contributed by atoms with Gasteiger partial charge in [0.1, 0.15) is 5.75 Å². The van der Waals surface area contributed by atoms with E-state index < -0.39 is 10.0 Å². The van der Waals surface area contributed by atoms with E-state index in [-0.39, 0.29) is 10.6 Å². The number of ether oxygens (including phenoxy) is 1. The topological polar surface area (TPSA) is 95.4 Å². The Kier molecular flexibility index (Phi) is 4.03. The first-order valence-electron chi connectivity index (χ1n) is 5.64. The third kappa shape index (κ3) is 3.30. The highest BCUT2D eigenvalue weighted by Gasteiger charge is 2.12. The second kappa shape index (κ2) is 5.43. The number of aryl methyl sites for hydroxylation is 1. The number of nitrogens with two attached hydrogens (primary N) is 2. The summed E-state index contributed by atoms with van der Waals surface area (Å²) < 4.78 is 29.2. The predicted molar refractivity (Wildman–Crippen MR) is 81.2 cm³/mol. The fourth-order valence-electron chi connectivity index (χ4n) is 1.59. The molecule has 20 heavy (non-hydrogen) atoms. The number of rotatable bonds is 3. The van der Waals surface area contributed by atoms with Gasteiger partial charge < -0.3 is 10.5 Å². The normalized spacial score (nSPS) is 11.3. The van der Waals surface area contributed by atoms with Gasteiger partial charge in [-0.15, -0.1) is 0 Å². The lowest BCUT2D eigenvalue weighted by atomic mass is 10.2. The van der Waals surface area contributed by atoms with Crippen LogP contribution in [0.2, 0.25) is 0 Å². The Morgan fingerprint density at radius 3 is 2.45 bits per heavy atom. The van der Waals surface area contributed by atoms with Gasteiger partial charge in [-0.3, -0.25) is 0 Å². The third-order valence-electron chi connectivity index (χ3n) is 2.67. The lowest BCUT2D eigenvalue weighted by Crippen LogP contribution is -2.12. The summed E-state index contributed by atoms with van der Waals surface area (Å²) in [6.45, 7) is 1.92. The summed E-state index contributed by atoms with van der Waals surface area (Å²) in [7, 11) is -3.79. The molecule has 5 nitrogen and oxygen atoms in total. The Bertz CT molecular complexity index is 760. The maximum absolute atomic E-state index is 11.3. The summed E-state index contributed by atoms with van der Waals surface area (Å²) in [5, 5.41) is 5.08. The van der Waals surface area contributed by atoms with Crippen LogP contribution in [0.15, 0.2) is 45.8 Å². The molecule has 0 saturated carbocycles. The molecule has 0 aliphatic carbocycles. The van der Waals surface area contributed by atoms with Gasteiger partial charge in [-0.25, -0.2) is 13.6 Å². The zero-order valence-corrected chi connectivity index (χ0v) is 13.0. The molecule has 2 rings (SSSR count). The monoisotopic (exact) mass is 356 g/mol. The maximum atomic E-state index is 11.3. The number of hydrogen-bond acceptors (Lipinski definition) is 4. The van der Waals surface area contributed by atoms with Crippen molar-refractivity contribution in [1.29, 1.82) is 0 Å². The number of primary sulfonamides is 1. The van der Waals surface area contributed by atoms with Crippen LogP contribution in [0.5, 0.6) is 11.5 Å². The summed E-state index contributed by atoms with van der Waals surface area (Å²) in [6, 6.07) is 9.49. The Morgan fingerprint density at radius 2 is 1.85 bits per heavy atom. The fraction of sp³-hybridized carbons (Fsp3) is 0.0769. The van der Waals surface area contributed by atoms with Crippen molar-refractivity contribution >= 4 is 31.6 Å². The molecule has 0 fully saturated rings. The molecule has 2 aromatic carbocycles. The Morgan fingerprint density at radius 1 is 1.15 bits per heavy atom. The largest absolute Gasteiger partial charge is 0.455 e. The van der Waals surface area contributed by atoms with Crippen molar-refractivity contribution < 1.29 is 13.2 Å². The number of sulfonamides is 1. The van der Waals surface area contributed by atoms with Crippen LogP contribution in [-0.4, -0.2) is 8.42 Å². The second-order valence-corrected chi connectivity index (χ2v) is 6.67. The molecular weight excluding hydrogens is 344 g/mol. The summed E-state index contributed by atoms with van der Waals surface area (Å²) in [5.74, 6) is 0.808. The lowest BCUT2D eigenvalue weighted by Gasteiger charge is -2.11. The van der Waals surface area contributed by atoms with Gasteiger partial charge in [-0.2, -0.15) is 0 Å². The molecule has 2 aromatic rings. The van der Waals surface area contributed by atoms with Gasteiger partial charge in [0.15, 0.2) is 5.75 Å². The highest BCUT2D eigenvalue weighted by atomic mass is 79.9. The maximum Gasteiger partial charge on any atom is 0.238 e. The van der Waals surface area contributed by atoms with Gasteiger partial charge >= 0.3 is 0 Å². The number of hydrogen-bond donors (Lipinski definition) is 2. The van der Waals surface area contributed by atoms with E-state index in [9.17, 15) is 8.42 Å². The summed E-state index contributed by atoms with van der Waals surface area (Å²) in [6.07, 6.45) is 0. The molecule has 0 aromatic heterocycles. The molecule has 0 spiro atoms. The number of anilines is 1. The van der Waals surface area contributed by atoms with Crippen molar-refractivity contribution in [2.75, 3.05) is 5.73 Å². The minimum absolute atomic E-state index is 0.0458. The summed E-state index contributed by atoms with van der Waals surface area (Å²) >= 11 is 3.39. The van der Waals surface area contributed by atoms with E-state index in [4.69, 9.17) is 15.6 Å². The molecule has 0 bridgehead atoms. The number of nitrogen functional groups attached to an aromatic ring is 1. The standard InChI is InChI=1S/C13H13BrN2O3S/c1-8-6-9(2-4-11(8)14)19-13-7-10(20(16,17)18)3-5-12(13)15/h2-7H,15H2,1H3,(H2,16,17,18). The van der Waals surface area contributed by atoms with Crippen molar-refractivity contribution in [2.24, 2.45) is 5.14 Å². The molecule has 0 aliphatic heterocycles. The average Bonchev–Trinajstić information content (AvgIpc) is 2.35. The van der Waals surface area contributed by atoms with E-state index in [0.29, 0.717) is 11.4 Å². The average molecular weight is 357 g/mol. The van der Waals surface area contributed by atoms with Gasteiger partial charge in [0.25, 0.3) is 0 Å². The number of benzene rings is 2. The van der Waals surface area contributed by atoms with E-state index in [0.717, 1.165) is 10.0 Å². The van der Waals surface area contributed by atoms with E-state index in [1.807, 2.05) is 19.1 Å². The molecule has 4 N–H and O–H groups in total. The molecule has 0 amide bonds. The Labute approximate surface area is 125 Å². The van der Waals surface area contributed by atoms with Crippen molar-refractivity contribution in [1.82, 2.24) is 0 Å². The zero-order valence-electron chi connectivity index (χ0n) is 10.6. The minimum atomic E-state index is -3.79. The molecule has 0 atom stereocenters. The highest BCUT2D eigenvalue weighted by Crippen LogP contribution is 2.31. The summed E-state index contributed by atoms with van der Waals surface area (Å²) in [4.78, 5) is -0.0458. The minimum Gasteiger partial charge on any atom is -0.455 e. The number of halogens is 1. The van der Waals surface area contributed by atoms with Gasteiger partial charge in [0.2, 0.25) is 10.0 Å². The Balaban J connectivity index is 2.40. The quantitative estimate of drug-likeness (QED) is 0.826. The molecule has 106 valence electrons. The third-order valence-corrected chi connectivity index (χ3v) is 4.47. The van der Waals surface area contributed by atoms with Crippen LogP contribution >= 0.6 is 15.9 Å². The van der Waals surface area contributed by atoms with E-state index in [2.05, 4.69) is 15.9 Å². The molecule has 7 heteroatoms. The highest BCUT2D eigenvalue weighted by molar-refractivity contribution is 9.10. The van der Waals surface area contributed by atoms with E-state index in [1.165, 1.54) is 18.2 Å². The van der Waals surface area contributed by atoms with Crippen LogP contribution in [0, 0.1) is 6.92 Å². The second-order valence-electron chi connectivity index (χ2n) is 4.26. The van der Waals surface area contributed by atoms with Crippen LogP contribution in [0.25, 0.3) is 0 Å². The van der Waals surface area contributed by atoms with Crippen LogP contribution < -0.4 is 15.6 Å². The van der Waals surface area contributed by atoms with Crippen LogP contribution in [0.1, 0.15) is 5.56 Å². The van der Waals surface area contributed by atoms with Gasteiger partial charge in [-0.05, 0) is 42.8 Å². The van der Waals surface area contributed by atoms with Gasteiger partial charge in [0.05, 0.1) is 10.6 Å². The van der Waals surface area contributed by atoms with Crippen LogP contribution in [0.3, 0.4) is 0 Å². The molecule has 0 saturated heterocycles. The zero-order chi connectivity index (χ0) is 14.9. The van der Waals surface area contributed by atoms with Gasteiger partial charge in [-0.1, -0.05) is 15.9 Å². The van der Waals surface area contributed by atoms with Crippen LogP contribution in [0.4, 0.5) is 5.69 Å². The first-order chi connectivity index (χ1) is 9.27.